The summed E-state index contributed by atoms with van der Waals surface area (Å²) < 4.78 is 26.7. The number of carbonyl (C=O) groups is 2. The number of carbonyl (C=O) groups excluding carboxylic acids is 2. The van der Waals surface area contributed by atoms with Crippen LogP contribution < -0.4 is 20.7 Å². The minimum atomic E-state index is -3.43. The highest BCUT2D eigenvalue weighted by molar-refractivity contribution is 7.92. The van der Waals surface area contributed by atoms with Crippen molar-refractivity contribution in [2.24, 2.45) is 0 Å². The van der Waals surface area contributed by atoms with Crippen molar-refractivity contribution in [3.8, 4) is 0 Å². The minimum absolute atomic E-state index is 0.0129. The van der Waals surface area contributed by atoms with Gasteiger partial charge < -0.3 is 0 Å². The van der Waals surface area contributed by atoms with Crippen LogP contribution in [0.4, 0.5) is 5.69 Å². The number of sulfonamides is 1. The second kappa shape index (κ2) is 8.32. The van der Waals surface area contributed by atoms with E-state index in [9.17, 15) is 22.8 Å². The molecule has 2 heterocycles. The van der Waals surface area contributed by atoms with Crippen LogP contribution in [0.2, 0.25) is 0 Å². The summed E-state index contributed by atoms with van der Waals surface area (Å²) in [6, 6.07) is 11.1. The number of rotatable bonds is 4. The van der Waals surface area contributed by atoms with Gasteiger partial charge in [0.25, 0.3) is 17.4 Å². The van der Waals surface area contributed by atoms with Gasteiger partial charge in [0, 0.05) is 23.5 Å². The van der Waals surface area contributed by atoms with Crippen molar-refractivity contribution in [2.45, 2.75) is 32.9 Å². The minimum Gasteiger partial charge on any atom is -0.267 e. The van der Waals surface area contributed by atoms with E-state index in [0.29, 0.717) is 22.9 Å². The topological polar surface area (TPSA) is 130 Å². The first-order valence-electron chi connectivity index (χ1n) is 10.3. The Kier molecular flexibility index (Phi) is 5.66. The van der Waals surface area contributed by atoms with Crippen LogP contribution in [-0.4, -0.2) is 42.3 Å². The van der Waals surface area contributed by atoms with Crippen molar-refractivity contribution >= 4 is 38.3 Å². The smallest absolute Gasteiger partial charge is 0.267 e. The fourth-order valence-electron chi connectivity index (χ4n) is 4.11. The van der Waals surface area contributed by atoms with E-state index in [1.807, 2.05) is 0 Å². The normalized spacial score (nSPS) is 15.4. The molecule has 10 nitrogen and oxygen atoms in total. The van der Waals surface area contributed by atoms with Crippen LogP contribution in [0.25, 0.3) is 10.8 Å². The highest BCUT2D eigenvalue weighted by Crippen LogP contribution is 2.34. The predicted octanol–water partition coefficient (Wildman–Crippen LogP) is 1.20. The average Bonchev–Trinajstić information content (AvgIpc) is 3.13. The molecule has 0 bridgehead atoms. The third-order valence-electron chi connectivity index (χ3n) is 5.52. The Morgan fingerprint density at radius 2 is 1.76 bits per heavy atom. The number of hydrogen-bond acceptors (Lipinski definition) is 6. The fraction of sp³-hybridized carbons (Fsp3) is 0.273. The number of hydrazine groups is 1. The van der Waals surface area contributed by atoms with Crippen molar-refractivity contribution in [2.75, 3.05) is 10.6 Å². The zero-order chi connectivity index (χ0) is 23.9. The summed E-state index contributed by atoms with van der Waals surface area (Å²) >= 11 is 0. The Bertz CT molecular complexity index is 1450. The van der Waals surface area contributed by atoms with E-state index in [2.05, 4.69) is 16.0 Å². The Morgan fingerprint density at radius 1 is 1.09 bits per heavy atom. The van der Waals surface area contributed by atoms with Gasteiger partial charge in [-0.1, -0.05) is 18.2 Å². The van der Waals surface area contributed by atoms with Crippen LogP contribution in [0.1, 0.15) is 40.3 Å². The number of hydrogen-bond donors (Lipinski definition) is 2. The zero-order valence-electron chi connectivity index (χ0n) is 18.3. The Balaban J connectivity index is 1.55. The van der Waals surface area contributed by atoms with Crippen LogP contribution in [-0.2, 0) is 23.0 Å². The average molecular weight is 470 g/mol. The van der Waals surface area contributed by atoms with E-state index in [0.717, 1.165) is 11.8 Å². The summed E-state index contributed by atoms with van der Waals surface area (Å²) in [4.78, 5) is 37.9. The molecule has 3 aromatic rings. The van der Waals surface area contributed by atoms with Crippen molar-refractivity contribution < 1.29 is 18.0 Å². The van der Waals surface area contributed by atoms with Gasteiger partial charge in [-0.15, -0.1) is 0 Å². The van der Waals surface area contributed by atoms with E-state index in [1.54, 1.807) is 50.2 Å². The molecule has 0 saturated carbocycles. The fourth-order valence-corrected chi connectivity index (χ4v) is 5.38. The van der Waals surface area contributed by atoms with Crippen LogP contribution in [0.3, 0.4) is 0 Å². The second-order valence-corrected chi connectivity index (χ2v) is 9.74. The molecule has 0 spiro atoms. The molecular formula is C22H23N5O5S. The van der Waals surface area contributed by atoms with Gasteiger partial charge in [-0.3, -0.25) is 29.5 Å². The van der Waals surface area contributed by atoms with E-state index in [1.165, 1.54) is 15.1 Å². The molecule has 1 atom stereocenters. The molecule has 172 valence electrons. The van der Waals surface area contributed by atoms with Crippen molar-refractivity contribution in [3.05, 3.63) is 69.6 Å². The molecule has 0 saturated heterocycles. The number of anilines is 1. The van der Waals surface area contributed by atoms with Gasteiger partial charge >= 0.3 is 0 Å². The van der Waals surface area contributed by atoms with Gasteiger partial charge in [0.15, 0.2) is 5.69 Å². The molecule has 33 heavy (non-hydrogen) atoms. The van der Waals surface area contributed by atoms with Gasteiger partial charge in [-0.05, 0) is 50.1 Å². The molecule has 1 aromatic heterocycles. The predicted molar refractivity (Wildman–Crippen MR) is 124 cm³/mol. The molecule has 11 heteroatoms. The lowest BCUT2D eigenvalue weighted by Gasteiger charge is -2.21. The first kappa shape index (κ1) is 22.5. The second-order valence-electron chi connectivity index (χ2n) is 7.88. The largest absolute Gasteiger partial charge is 0.290 e. The van der Waals surface area contributed by atoms with Crippen molar-refractivity contribution in [1.29, 1.82) is 0 Å². The van der Waals surface area contributed by atoms with Gasteiger partial charge in [-0.25, -0.2) is 13.1 Å². The van der Waals surface area contributed by atoms with Crippen LogP contribution in [0, 0.1) is 0 Å². The Morgan fingerprint density at radius 3 is 2.42 bits per heavy atom. The quantitative estimate of drug-likeness (QED) is 0.552. The summed E-state index contributed by atoms with van der Waals surface area (Å²) in [5.41, 5.74) is 5.97. The Hall–Kier alpha value is -3.73. The zero-order valence-corrected chi connectivity index (χ0v) is 19.1. The van der Waals surface area contributed by atoms with E-state index in [4.69, 9.17) is 0 Å². The lowest BCUT2D eigenvalue weighted by molar-refractivity contribution is 0.0843. The summed E-state index contributed by atoms with van der Waals surface area (Å²) in [5, 5.41) is 4.87. The summed E-state index contributed by atoms with van der Waals surface area (Å²) in [6.45, 7) is 3.83. The molecule has 4 rings (SSSR count). The first-order valence-corrected chi connectivity index (χ1v) is 12.2. The molecule has 0 radical (unpaired) electrons. The molecule has 1 unspecified atom stereocenters. The monoisotopic (exact) mass is 469 g/mol. The maximum atomic E-state index is 12.8. The number of nitrogens with zero attached hydrogens (tertiary/aromatic N) is 3. The Labute approximate surface area is 190 Å². The first-order chi connectivity index (χ1) is 15.6. The van der Waals surface area contributed by atoms with Crippen LogP contribution in [0.5, 0.6) is 0 Å². The van der Waals surface area contributed by atoms with Gasteiger partial charge in [-0.2, -0.15) is 5.10 Å². The van der Waals surface area contributed by atoms with Gasteiger partial charge in [0.05, 0.1) is 17.3 Å². The van der Waals surface area contributed by atoms with Crippen molar-refractivity contribution in [3.63, 3.8) is 0 Å². The molecule has 2 amide bonds. The number of aromatic nitrogens is 2. The molecule has 0 aliphatic carbocycles. The molecule has 2 N–H and O–H groups in total. The number of amides is 2. The lowest BCUT2D eigenvalue weighted by Crippen LogP contribution is -2.42. The lowest BCUT2D eigenvalue weighted by atomic mass is 10.1. The number of nitrogens with one attached hydrogen (secondary N) is 2. The molecule has 1 aliphatic heterocycles. The number of benzene rings is 2. The summed E-state index contributed by atoms with van der Waals surface area (Å²) in [6.07, 6.45) is 1.62. The standard InChI is InChI=1S/C22H23N5O5S/c1-4-26-22(30)17-8-6-5-7-16(17)19(25-26)21(29)24-23-20(28)14-9-10-18-15(12-14)11-13(2)27(18)33(3,31)32/h5-10,12-13H,4,11H2,1-3H3,(H,23,28)(H,24,29). The maximum Gasteiger partial charge on any atom is 0.290 e. The molecule has 1 aliphatic rings. The number of fused-ring (bicyclic) bond motifs is 2. The van der Waals surface area contributed by atoms with Crippen molar-refractivity contribution in [1.82, 2.24) is 20.6 Å². The number of aryl methyl sites for hydroxylation is 1. The van der Waals surface area contributed by atoms with E-state index < -0.39 is 21.8 Å². The maximum absolute atomic E-state index is 12.8. The third-order valence-corrected chi connectivity index (χ3v) is 6.80. The van der Waals surface area contributed by atoms with Gasteiger partial charge in [0.2, 0.25) is 10.0 Å². The SMILES string of the molecule is CCn1nc(C(=O)NNC(=O)c2ccc3c(c2)CC(C)N3S(C)(=O)=O)c2ccccc2c1=O. The van der Waals surface area contributed by atoms with Crippen LogP contribution in [0.15, 0.2) is 47.3 Å². The summed E-state index contributed by atoms with van der Waals surface area (Å²) in [7, 11) is -3.43. The van der Waals surface area contributed by atoms with E-state index in [-0.39, 0.29) is 29.4 Å². The highest BCUT2D eigenvalue weighted by Gasteiger charge is 2.32. The molecular weight excluding hydrogens is 446 g/mol. The van der Waals surface area contributed by atoms with E-state index >= 15 is 0 Å². The van der Waals surface area contributed by atoms with Gasteiger partial charge in [0.1, 0.15) is 0 Å². The molecule has 2 aromatic carbocycles. The molecule has 0 fully saturated rings. The van der Waals surface area contributed by atoms with Crippen LogP contribution >= 0.6 is 0 Å². The third kappa shape index (κ3) is 4.07. The summed E-state index contributed by atoms with van der Waals surface area (Å²) in [5.74, 6) is -1.23. The highest BCUT2D eigenvalue weighted by atomic mass is 32.2.